The molecular weight excluding hydrogens is 398 g/mol. The molecule has 29 heavy (non-hydrogen) atoms. The number of hydrogen-bond acceptors (Lipinski definition) is 7. The van der Waals surface area contributed by atoms with Gasteiger partial charge in [-0.3, -0.25) is 28.9 Å². The average Bonchev–Trinajstić information content (AvgIpc) is 2.96. The zero-order valence-corrected chi connectivity index (χ0v) is 18.0. The van der Waals surface area contributed by atoms with Crippen molar-refractivity contribution < 1.29 is 28.7 Å². The summed E-state index contributed by atoms with van der Waals surface area (Å²) < 4.78 is 4.89. The minimum absolute atomic E-state index is 0.0366. The third kappa shape index (κ3) is 9.89. The fourth-order valence-corrected chi connectivity index (χ4v) is 3.91. The lowest BCUT2D eigenvalue weighted by atomic mass is 10.1. The third-order valence-corrected chi connectivity index (χ3v) is 5.66. The zero-order valence-electron chi connectivity index (χ0n) is 17.2. The summed E-state index contributed by atoms with van der Waals surface area (Å²) in [7, 11) is 3.14. The van der Waals surface area contributed by atoms with Gasteiger partial charge in [0.1, 0.15) is 5.78 Å². The van der Waals surface area contributed by atoms with Crippen LogP contribution in [0.15, 0.2) is 0 Å². The molecule has 1 atom stereocenters. The molecule has 0 aromatic rings. The van der Waals surface area contributed by atoms with E-state index in [1.807, 2.05) is 0 Å². The smallest absolute Gasteiger partial charge is 0.242 e. The SMILES string of the molecule is CNC(=O)CCSC1CC(=O)N(CCC(=O)NCCCC(=O)CCCOC)C1=O. The van der Waals surface area contributed by atoms with E-state index >= 15 is 0 Å². The average molecular weight is 430 g/mol. The lowest BCUT2D eigenvalue weighted by molar-refractivity contribution is -0.138. The zero-order chi connectivity index (χ0) is 21.6. The predicted octanol–water partition coefficient (Wildman–Crippen LogP) is 0.265. The van der Waals surface area contributed by atoms with Gasteiger partial charge in [-0.05, 0) is 12.8 Å². The summed E-state index contributed by atoms with van der Waals surface area (Å²) in [5, 5.41) is 4.73. The lowest BCUT2D eigenvalue weighted by Crippen LogP contribution is -2.35. The van der Waals surface area contributed by atoms with Crippen molar-refractivity contribution in [2.75, 3.05) is 39.6 Å². The highest BCUT2D eigenvalue weighted by Crippen LogP contribution is 2.25. The second-order valence-corrected chi connectivity index (χ2v) is 8.02. The number of amides is 4. The van der Waals surface area contributed by atoms with Crippen LogP contribution in [-0.2, 0) is 28.7 Å². The number of likely N-dealkylation sites (tertiary alicyclic amines) is 1. The molecule has 4 amide bonds. The Kier molecular flexibility index (Phi) is 12.2. The molecule has 0 spiro atoms. The van der Waals surface area contributed by atoms with Gasteiger partial charge in [0, 0.05) is 71.7 Å². The molecule has 1 unspecified atom stereocenters. The summed E-state index contributed by atoms with van der Waals surface area (Å²) in [6, 6.07) is 0. The molecule has 2 N–H and O–H groups in total. The molecule has 0 saturated carbocycles. The van der Waals surface area contributed by atoms with Crippen molar-refractivity contribution in [2.45, 2.75) is 50.2 Å². The second-order valence-electron chi connectivity index (χ2n) is 6.71. The topological polar surface area (TPSA) is 122 Å². The molecule has 1 heterocycles. The highest BCUT2D eigenvalue weighted by Gasteiger charge is 2.38. The number of nitrogens with zero attached hydrogens (tertiary/aromatic N) is 1. The van der Waals surface area contributed by atoms with E-state index < -0.39 is 5.25 Å². The van der Waals surface area contributed by atoms with Crippen molar-refractivity contribution in [3.63, 3.8) is 0 Å². The van der Waals surface area contributed by atoms with Crippen LogP contribution in [-0.4, -0.2) is 79.2 Å². The standard InChI is InChI=1S/C19H31N3O6S/c1-20-16(24)8-12-29-15-13-18(26)22(19(15)27)10-7-17(25)21-9-3-5-14(23)6-4-11-28-2/h15H,3-13H2,1-2H3,(H,20,24)(H,21,25). The van der Waals surface area contributed by atoms with E-state index in [0.717, 1.165) is 4.90 Å². The molecule has 1 aliphatic heterocycles. The fourth-order valence-electron chi connectivity index (χ4n) is 2.79. The largest absolute Gasteiger partial charge is 0.385 e. The van der Waals surface area contributed by atoms with E-state index in [2.05, 4.69) is 10.6 Å². The summed E-state index contributed by atoms with van der Waals surface area (Å²) >= 11 is 1.29. The van der Waals surface area contributed by atoms with E-state index in [4.69, 9.17) is 4.74 Å². The van der Waals surface area contributed by atoms with Crippen molar-refractivity contribution in [3.8, 4) is 0 Å². The van der Waals surface area contributed by atoms with Crippen LogP contribution in [0.1, 0.15) is 44.9 Å². The summed E-state index contributed by atoms with van der Waals surface area (Å²) in [4.78, 5) is 60.2. The normalized spacial score (nSPS) is 16.2. The van der Waals surface area contributed by atoms with Gasteiger partial charge in [-0.2, -0.15) is 0 Å². The highest BCUT2D eigenvalue weighted by molar-refractivity contribution is 8.00. The van der Waals surface area contributed by atoms with E-state index in [1.54, 1.807) is 14.2 Å². The first-order chi connectivity index (χ1) is 13.9. The molecule has 164 valence electrons. The first-order valence-electron chi connectivity index (χ1n) is 9.82. The Balaban J connectivity index is 2.21. The van der Waals surface area contributed by atoms with Crippen LogP contribution in [0, 0.1) is 0 Å². The van der Waals surface area contributed by atoms with Gasteiger partial charge in [0.15, 0.2) is 0 Å². The van der Waals surface area contributed by atoms with Gasteiger partial charge in [-0.1, -0.05) is 0 Å². The van der Waals surface area contributed by atoms with Crippen LogP contribution in [0.3, 0.4) is 0 Å². The Labute approximate surface area is 175 Å². The first-order valence-corrected chi connectivity index (χ1v) is 10.9. The minimum Gasteiger partial charge on any atom is -0.385 e. The maximum absolute atomic E-state index is 12.3. The Hall–Kier alpha value is -1.94. The summed E-state index contributed by atoms with van der Waals surface area (Å²) in [6.45, 7) is 0.991. The maximum Gasteiger partial charge on any atom is 0.242 e. The van der Waals surface area contributed by atoms with Crippen molar-refractivity contribution >= 4 is 41.2 Å². The van der Waals surface area contributed by atoms with Crippen molar-refractivity contribution in [2.24, 2.45) is 0 Å². The number of carbonyl (C=O) groups excluding carboxylic acids is 5. The van der Waals surface area contributed by atoms with Crippen LogP contribution in [0.25, 0.3) is 0 Å². The number of Topliss-reactive ketones (excluding diaryl/α,β-unsaturated/α-hetero) is 1. The van der Waals surface area contributed by atoms with Gasteiger partial charge >= 0.3 is 0 Å². The second kappa shape index (κ2) is 14.1. The third-order valence-electron chi connectivity index (χ3n) is 4.45. The molecule has 1 fully saturated rings. The molecule has 1 aliphatic rings. The molecule has 0 bridgehead atoms. The van der Waals surface area contributed by atoms with Crippen LogP contribution >= 0.6 is 11.8 Å². The van der Waals surface area contributed by atoms with Gasteiger partial charge in [0.25, 0.3) is 0 Å². The molecule has 0 aromatic heterocycles. The number of nitrogens with one attached hydrogen (secondary N) is 2. The number of rotatable bonds is 15. The van der Waals surface area contributed by atoms with Crippen LogP contribution < -0.4 is 10.6 Å². The lowest BCUT2D eigenvalue weighted by Gasteiger charge is -2.14. The monoisotopic (exact) mass is 429 g/mol. The van der Waals surface area contributed by atoms with Crippen LogP contribution in [0.4, 0.5) is 0 Å². The molecule has 0 aromatic carbocycles. The number of ether oxygens (including phenoxy) is 1. The highest BCUT2D eigenvalue weighted by atomic mass is 32.2. The Morgan fingerprint density at radius 1 is 1.10 bits per heavy atom. The number of methoxy groups -OCH3 is 1. The summed E-state index contributed by atoms with van der Waals surface area (Å²) in [5.41, 5.74) is 0. The van der Waals surface area contributed by atoms with Gasteiger partial charge in [-0.25, -0.2) is 0 Å². The van der Waals surface area contributed by atoms with Crippen molar-refractivity contribution in [1.82, 2.24) is 15.5 Å². The van der Waals surface area contributed by atoms with E-state index in [-0.39, 0.29) is 55.2 Å². The van der Waals surface area contributed by atoms with Gasteiger partial charge < -0.3 is 15.4 Å². The van der Waals surface area contributed by atoms with Crippen molar-refractivity contribution in [1.29, 1.82) is 0 Å². The molecule has 1 rings (SSSR count). The van der Waals surface area contributed by atoms with Crippen LogP contribution in [0.5, 0.6) is 0 Å². The minimum atomic E-state index is -0.487. The molecule has 0 radical (unpaired) electrons. The fraction of sp³-hybridized carbons (Fsp3) is 0.737. The number of hydrogen-bond donors (Lipinski definition) is 2. The maximum atomic E-state index is 12.3. The Morgan fingerprint density at radius 3 is 2.52 bits per heavy atom. The Bertz CT molecular complexity index is 598. The van der Waals surface area contributed by atoms with Crippen LogP contribution in [0.2, 0.25) is 0 Å². The number of carbonyl (C=O) groups is 5. The molecule has 10 heteroatoms. The summed E-state index contributed by atoms with van der Waals surface area (Å²) in [6.07, 6.45) is 2.56. The molecule has 1 saturated heterocycles. The number of thioether (sulfide) groups is 1. The number of ketones is 1. The molecule has 9 nitrogen and oxygen atoms in total. The van der Waals surface area contributed by atoms with Gasteiger partial charge in [-0.15, -0.1) is 11.8 Å². The predicted molar refractivity (Wildman–Crippen MR) is 109 cm³/mol. The Morgan fingerprint density at radius 2 is 1.83 bits per heavy atom. The first kappa shape index (κ1) is 25.1. The van der Waals surface area contributed by atoms with E-state index in [1.165, 1.54) is 11.8 Å². The molecular formula is C19H31N3O6S. The van der Waals surface area contributed by atoms with E-state index in [9.17, 15) is 24.0 Å². The van der Waals surface area contributed by atoms with Gasteiger partial charge in [0.05, 0.1) is 5.25 Å². The van der Waals surface area contributed by atoms with Crippen molar-refractivity contribution in [3.05, 3.63) is 0 Å². The van der Waals surface area contributed by atoms with Gasteiger partial charge in [0.2, 0.25) is 23.6 Å². The summed E-state index contributed by atoms with van der Waals surface area (Å²) in [5.74, 6) is -0.354. The molecule has 0 aliphatic carbocycles. The quantitative estimate of drug-likeness (QED) is 0.283. The van der Waals surface area contributed by atoms with E-state index in [0.29, 0.717) is 44.6 Å². The number of imide groups is 1.